The standard InChI is InChI=1S/C16H28N2O.C16H25N.C15H25N.C15H22O.C13H21N/c1-13(2)14-10-16(11-14)7-9-18(12-16)15(19)6-5-8-17(3)4;1-6-7-13(2)17-9-8-16(12-17)10-14(11-16)15(3,4)5;1-6-12(2)16-8-7-15(11-16)9-13(10-15)14(3,4)5;1-5-6-13(16)11-7-15(8-11)9-12(10-15)14(2,3)4;1-5-11(4)14-8-13(9-14)6-12(7-13)10(2)3/h5-6,13-14H,7-12H2,1-4H3;14H,2,8-12H2,1,3-5H3;6,13H,1-2,7-11H2,3-5H3;11-12H,7-10H2,1-4H3;5,10,12H,1,4,6-9H2,2-3H3/b6-5+;;;;. The minimum atomic E-state index is 0.173. The predicted octanol–water partition coefficient (Wildman–Crippen LogP) is 16.4. The first-order chi connectivity index (χ1) is 38.1. The second-order valence-corrected chi connectivity index (χ2v) is 33.2. The van der Waals surface area contributed by atoms with Crippen LogP contribution >= 0.6 is 0 Å². The molecule has 10 fully saturated rings. The Balaban J connectivity index is 0.000000165. The van der Waals surface area contributed by atoms with Gasteiger partial charge in [0.25, 0.3) is 0 Å². The van der Waals surface area contributed by atoms with Crippen molar-refractivity contribution in [2.24, 2.45) is 90.7 Å². The van der Waals surface area contributed by atoms with Crippen LogP contribution in [0.15, 0.2) is 74.3 Å². The summed E-state index contributed by atoms with van der Waals surface area (Å²) in [6.07, 6.45) is 27.4. The summed E-state index contributed by atoms with van der Waals surface area (Å²) >= 11 is 0. The van der Waals surface area contributed by atoms with Gasteiger partial charge in [-0.15, -0.1) is 0 Å². The van der Waals surface area contributed by atoms with Crippen LogP contribution in [0.2, 0.25) is 0 Å². The van der Waals surface area contributed by atoms with Gasteiger partial charge < -0.3 is 24.5 Å². The summed E-state index contributed by atoms with van der Waals surface area (Å²) in [7, 11) is 4.03. The number of carbonyl (C=O) groups is 2. The summed E-state index contributed by atoms with van der Waals surface area (Å²) in [4.78, 5) is 34.9. The molecule has 4 saturated heterocycles. The third-order valence-electron chi connectivity index (χ3n) is 22.7. The van der Waals surface area contributed by atoms with E-state index >= 15 is 0 Å². The molecule has 6 aliphatic carbocycles. The molecule has 0 bridgehead atoms. The van der Waals surface area contributed by atoms with E-state index in [1.165, 1.54) is 116 Å². The lowest BCUT2D eigenvalue weighted by Crippen LogP contribution is -2.61. The number of hydrogen-bond acceptors (Lipinski definition) is 6. The van der Waals surface area contributed by atoms with Crippen LogP contribution in [0.4, 0.5) is 0 Å². The van der Waals surface area contributed by atoms with Crippen molar-refractivity contribution in [3.05, 3.63) is 74.3 Å². The Hall–Kier alpha value is -3.94. The van der Waals surface area contributed by atoms with Crippen molar-refractivity contribution in [2.75, 3.05) is 73.0 Å². The summed E-state index contributed by atoms with van der Waals surface area (Å²) in [6.45, 7) is 63.8. The van der Waals surface area contributed by atoms with Crippen LogP contribution in [-0.4, -0.2) is 109 Å². The molecule has 4 aliphatic heterocycles. The zero-order chi connectivity index (χ0) is 61.0. The number of rotatable bonds is 11. The summed E-state index contributed by atoms with van der Waals surface area (Å²) in [5.41, 5.74) is 7.54. The highest BCUT2D eigenvalue weighted by Gasteiger charge is 2.57. The molecule has 0 unspecified atom stereocenters. The highest BCUT2D eigenvalue weighted by molar-refractivity contribution is 5.98. The molecule has 7 nitrogen and oxygen atoms in total. The number of hydrogen-bond donors (Lipinski definition) is 0. The largest absolute Gasteiger partial charge is 0.371 e. The van der Waals surface area contributed by atoms with Crippen molar-refractivity contribution in [1.29, 1.82) is 0 Å². The van der Waals surface area contributed by atoms with Gasteiger partial charge in [-0.1, -0.05) is 147 Å². The van der Waals surface area contributed by atoms with E-state index in [-0.39, 0.29) is 17.6 Å². The minimum Gasteiger partial charge on any atom is -0.371 e. The number of allylic oxidation sites excluding steroid dienone is 3. The maximum atomic E-state index is 12.1. The van der Waals surface area contributed by atoms with Crippen molar-refractivity contribution >= 4 is 11.7 Å². The number of Topliss-reactive ketones (excluding diaryl/α,β-unsaturated/α-hetero) is 1. The Morgan fingerprint density at radius 2 is 0.890 bits per heavy atom. The lowest BCUT2D eigenvalue weighted by molar-refractivity contribution is -0.139. The number of ketones is 1. The topological polar surface area (TPSA) is 50.3 Å². The van der Waals surface area contributed by atoms with Gasteiger partial charge in [0, 0.05) is 87.7 Å². The molecular formula is C75H121N5O2. The Labute approximate surface area is 505 Å². The Bertz CT molecular complexity index is 2410. The third kappa shape index (κ3) is 16.5. The van der Waals surface area contributed by atoms with Crippen LogP contribution in [0.5, 0.6) is 0 Å². The molecule has 0 aromatic heterocycles. The fraction of sp³-hybridized carbons (Fsp3) is 0.760. The Kier molecular flexibility index (Phi) is 21.6. The van der Waals surface area contributed by atoms with Gasteiger partial charge in [-0.25, -0.2) is 0 Å². The van der Waals surface area contributed by atoms with Crippen molar-refractivity contribution in [2.45, 2.75) is 200 Å². The van der Waals surface area contributed by atoms with Crippen LogP contribution in [0.25, 0.3) is 0 Å². The fourth-order valence-electron chi connectivity index (χ4n) is 16.2. The van der Waals surface area contributed by atoms with Crippen molar-refractivity contribution in [3.8, 4) is 23.7 Å². The van der Waals surface area contributed by atoms with Gasteiger partial charge in [-0.05, 0) is 222 Å². The van der Waals surface area contributed by atoms with Crippen molar-refractivity contribution in [3.63, 3.8) is 0 Å². The normalized spacial score (nSPS) is 27.0. The molecule has 7 heteroatoms. The monoisotopic (exact) mass is 1120 g/mol. The molecule has 1 amide bonds. The molecule has 458 valence electrons. The summed E-state index contributed by atoms with van der Waals surface area (Å²) in [6, 6.07) is 0. The fourth-order valence-corrected chi connectivity index (χ4v) is 16.2. The Morgan fingerprint density at radius 1 is 0.524 bits per heavy atom. The molecule has 6 saturated carbocycles. The van der Waals surface area contributed by atoms with Gasteiger partial charge in [-0.3, -0.25) is 9.59 Å². The molecular weight excluding hydrogens is 1000 g/mol. The van der Waals surface area contributed by atoms with Gasteiger partial charge in [0.05, 0.1) is 5.70 Å². The number of amides is 1. The predicted molar refractivity (Wildman–Crippen MR) is 349 cm³/mol. The SMILES string of the molecule is C=C(C#CC)N1CCC2(CC(C(C)(C)C)C2)C1.C=CC(=C)N1CC2(CC(C(C)C)C2)C1.C=CC(=C)N1CCC2(CC(C(C)(C)C)C2)C1.CC#CC(=O)C1CC2(C1)CC(C(C)(C)C)C2.CC(C)C1CC2(CCN(C(=O)/C=C/CN(C)C)C2)C1. The quantitative estimate of drug-likeness (QED) is 0.0889. The zero-order valence-electron chi connectivity index (χ0n) is 56.0. The van der Waals surface area contributed by atoms with Gasteiger partial charge in [0.1, 0.15) is 0 Å². The summed E-state index contributed by atoms with van der Waals surface area (Å²) in [5.74, 6) is 18.3. The second kappa shape index (κ2) is 26.4. The van der Waals surface area contributed by atoms with Crippen molar-refractivity contribution < 1.29 is 9.59 Å². The Morgan fingerprint density at radius 3 is 1.30 bits per heavy atom. The molecule has 0 aromatic carbocycles. The number of nitrogens with zero attached hydrogens (tertiary/aromatic N) is 5. The molecule has 82 heavy (non-hydrogen) atoms. The maximum Gasteiger partial charge on any atom is 0.246 e. The van der Waals surface area contributed by atoms with E-state index in [0.29, 0.717) is 43.3 Å². The minimum absolute atomic E-state index is 0.173. The lowest BCUT2D eigenvalue weighted by Gasteiger charge is -2.61. The first-order valence-corrected chi connectivity index (χ1v) is 32.6. The van der Waals surface area contributed by atoms with E-state index in [4.69, 9.17) is 0 Å². The molecule has 10 rings (SSSR count). The van der Waals surface area contributed by atoms with Crippen LogP contribution in [0, 0.1) is 114 Å². The maximum absolute atomic E-state index is 12.1. The van der Waals surface area contributed by atoms with Crippen LogP contribution in [0.1, 0.15) is 200 Å². The first kappa shape index (κ1) is 67.2. The van der Waals surface area contributed by atoms with Crippen LogP contribution < -0.4 is 0 Å². The molecule has 10 aliphatic rings. The zero-order valence-corrected chi connectivity index (χ0v) is 56.0. The van der Waals surface area contributed by atoms with E-state index in [0.717, 1.165) is 97.5 Å². The number of carbonyl (C=O) groups excluding carboxylic acids is 2. The lowest BCUT2D eigenvalue weighted by atomic mass is 9.44. The van der Waals surface area contributed by atoms with E-state index in [1.54, 1.807) is 13.0 Å². The summed E-state index contributed by atoms with van der Waals surface area (Å²) in [5, 5.41) is 0. The molecule has 0 radical (unpaired) electrons. The van der Waals surface area contributed by atoms with Gasteiger partial charge in [-0.2, -0.15) is 0 Å². The van der Waals surface area contributed by atoms with Gasteiger partial charge in [0.15, 0.2) is 0 Å². The second-order valence-electron chi connectivity index (χ2n) is 33.2. The number of likely N-dealkylation sites (tertiary alicyclic amines) is 4. The first-order valence-electron chi connectivity index (χ1n) is 32.6. The van der Waals surface area contributed by atoms with E-state index < -0.39 is 0 Å². The molecule has 0 aromatic rings. The van der Waals surface area contributed by atoms with E-state index in [2.05, 4.69) is 166 Å². The molecule has 4 heterocycles. The van der Waals surface area contributed by atoms with Crippen LogP contribution in [0.3, 0.4) is 0 Å². The van der Waals surface area contributed by atoms with E-state index in [1.807, 2.05) is 44.1 Å². The van der Waals surface area contributed by atoms with Crippen molar-refractivity contribution in [1.82, 2.24) is 24.5 Å². The molecule has 0 atom stereocenters. The summed E-state index contributed by atoms with van der Waals surface area (Å²) < 4.78 is 0. The van der Waals surface area contributed by atoms with Crippen LogP contribution in [-0.2, 0) is 9.59 Å². The van der Waals surface area contributed by atoms with Gasteiger partial charge in [0.2, 0.25) is 11.7 Å². The third-order valence-corrected chi connectivity index (χ3v) is 22.7. The average molecular weight is 1120 g/mol. The van der Waals surface area contributed by atoms with Gasteiger partial charge >= 0.3 is 0 Å². The smallest absolute Gasteiger partial charge is 0.246 e. The number of likely N-dealkylation sites (N-methyl/N-ethyl adjacent to an activating group) is 1. The molecule has 5 spiro atoms. The highest BCUT2D eigenvalue weighted by atomic mass is 16.2. The highest BCUT2D eigenvalue weighted by Crippen LogP contribution is 2.65. The average Bonchev–Trinajstić information content (AvgIpc) is 4.07. The van der Waals surface area contributed by atoms with E-state index in [9.17, 15) is 9.59 Å². The molecule has 0 N–H and O–H groups in total.